The lowest BCUT2D eigenvalue weighted by Crippen LogP contribution is -2.42. The first-order valence-electron chi connectivity index (χ1n) is 7.08. The van der Waals surface area contributed by atoms with E-state index < -0.39 is 0 Å². The van der Waals surface area contributed by atoms with Crippen LogP contribution in [0.1, 0.15) is 18.1 Å². The molecule has 0 bridgehead atoms. The normalized spacial score (nSPS) is 13.8. The van der Waals surface area contributed by atoms with Crippen molar-refractivity contribution in [1.82, 2.24) is 0 Å². The summed E-state index contributed by atoms with van der Waals surface area (Å²) in [5.41, 5.74) is 9.84. The molecule has 1 unspecified atom stereocenters. The number of likely N-dealkylation sites (N-methyl/N-ethyl adjacent to an activating group) is 1. The van der Waals surface area contributed by atoms with Crippen molar-refractivity contribution < 1.29 is 0 Å². The Hall–Kier alpha value is -1.80. The molecule has 2 N–H and O–H groups in total. The molecule has 0 heterocycles. The van der Waals surface area contributed by atoms with E-state index in [1.807, 2.05) is 6.07 Å². The second kappa shape index (κ2) is 6.10. The van der Waals surface area contributed by atoms with Crippen molar-refractivity contribution in [2.45, 2.75) is 19.3 Å². The highest BCUT2D eigenvalue weighted by atomic mass is 15.1. The smallest absolute Gasteiger partial charge is 0.0366 e. The summed E-state index contributed by atoms with van der Waals surface area (Å²) in [4.78, 5) is 2.28. The number of aryl methyl sites for hydroxylation is 1. The van der Waals surface area contributed by atoms with E-state index in [0.29, 0.717) is 6.54 Å². The third kappa shape index (κ3) is 3.20. The van der Waals surface area contributed by atoms with Crippen LogP contribution in [0, 0.1) is 6.92 Å². The van der Waals surface area contributed by atoms with E-state index in [4.69, 9.17) is 5.73 Å². The maximum atomic E-state index is 6.07. The topological polar surface area (TPSA) is 29.3 Å². The first kappa shape index (κ1) is 14.6. The van der Waals surface area contributed by atoms with Gasteiger partial charge in [-0.1, -0.05) is 49.4 Å². The Kier molecular flexibility index (Phi) is 4.46. The summed E-state index contributed by atoms with van der Waals surface area (Å²) < 4.78 is 0. The molecule has 2 heteroatoms. The zero-order valence-corrected chi connectivity index (χ0v) is 12.6. The number of nitrogens with two attached hydrogens (primary N) is 1. The molecule has 2 nitrogen and oxygen atoms in total. The van der Waals surface area contributed by atoms with E-state index in [1.165, 1.54) is 16.8 Å². The van der Waals surface area contributed by atoms with E-state index in [9.17, 15) is 0 Å². The fraction of sp³-hybridized carbons (Fsp3) is 0.333. The quantitative estimate of drug-likeness (QED) is 0.901. The average Bonchev–Trinajstić information content (AvgIpc) is 2.48. The Morgan fingerprint density at radius 3 is 2.35 bits per heavy atom. The van der Waals surface area contributed by atoms with Gasteiger partial charge in [-0.05, 0) is 30.2 Å². The summed E-state index contributed by atoms with van der Waals surface area (Å²) >= 11 is 0. The summed E-state index contributed by atoms with van der Waals surface area (Å²) in [6, 6.07) is 19.1. The molecule has 2 rings (SSSR count). The Bertz CT molecular complexity index is 550. The first-order valence-corrected chi connectivity index (χ1v) is 7.08. The minimum atomic E-state index is -0.0419. The van der Waals surface area contributed by atoms with Crippen molar-refractivity contribution in [2.24, 2.45) is 5.73 Å². The van der Waals surface area contributed by atoms with Crippen molar-refractivity contribution in [3.63, 3.8) is 0 Å². The lowest BCUT2D eigenvalue weighted by molar-refractivity contribution is 0.485. The van der Waals surface area contributed by atoms with Crippen LogP contribution in [0.2, 0.25) is 0 Å². The molecule has 1 atom stereocenters. The Labute approximate surface area is 122 Å². The van der Waals surface area contributed by atoms with Gasteiger partial charge in [0.15, 0.2) is 0 Å². The second-order valence-electron chi connectivity index (χ2n) is 5.83. The van der Waals surface area contributed by atoms with Crippen LogP contribution in [-0.2, 0) is 5.41 Å². The molecule has 0 aliphatic carbocycles. The van der Waals surface area contributed by atoms with Gasteiger partial charge in [-0.15, -0.1) is 0 Å². The van der Waals surface area contributed by atoms with Crippen molar-refractivity contribution in [3.8, 4) is 0 Å². The van der Waals surface area contributed by atoms with Gasteiger partial charge in [0.05, 0.1) is 0 Å². The highest BCUT2D eigenvalue weighted by Gasteiger charge is 2.26. The van der Waals surface area contributed by atoms with E-state index in [1.54, 1.807) is 0 Å². The third-order valence-electron chi connectivity index (χ3n) is 3.95. The van der Waals surface area contributed by atoms with Crippen molar-refractivity contribution in [2.75, 3.05) is 25.0 Å². The van der Waals surface area contributed by atoms with Gasteiger partial charge in [0.1, 0.15) is 0 Å². The molecule has 0 radical (unpaired) electrons. The molecule has 0 saturated heterocycles. The Morgan fingerprint density at radius 1 is 1.05 bits per heavy atom. The fourth-order valence-electron chi connectivity index (χ4n) is 2.59. The predicted octanol–water partition coefficient (Wildman–Crippen LogP) is 3.35. The molecule has 0 saturated carbocycles. The van der Waals surface area contributed by atoms with Gasteiger partial charge in [-0.25, -0.2) is 0 Å². The van der Waals surface area contributed by atoms with Gasteiger partial charge >= 0.3 is 0 Å². The first-order chi connectivity index (χ1) is 9.55. The van der Waals surface area contributed by atoms with E-state index in [0.717, 1.165) is 6.54 Å². The summed E-state index contributed by atoms with van der Waals surface area (Å²) in [6.07, 6.45) is 0. The van der Waals surface area contributed by atoms with Gasteiger partial charge in [0, 0.05) is 31.2 Å². The molecule has 0 amide bonds. The van der Waals surface area contributed by atoms with Crippen LogP contribution in [0.5, 0.6) is 0 Å². The van der Waals surface area contributed by atoms with E-state index in [-0.39, 0.29) is 5.41 Å². The molecular weight excluding hydrogens is 244 g/mol. The highest BCUT2D eigenvalue weighted by Crippen LogP contribution is 2.26. The van der Waals surface area contributed by atoms with Crippen molar-refractivity contribution in [1.29, 1.82) is 0 Å². The third-order valence-corrected chi connectivity index (χ3v) is 3.95. The number of nitrogens with zero attached hydrogens (tertiary/aromatic N) is 1. The van der Waals surface area contributed by atoms with E-state index in [2.05, 4.69) is 74.3 Å². The standard InChI is InChI=1S/C18H24N2/c1-15-8-7-11-17(12-15)20(3)14-18(2,13-19)16-9-5-4-6-10-16/h4-12H,13-14,19H2,1-3H3. The summed E-state index contributed by atoms with van der Waals surface area (Å²) in [5.74, 6) is 0. The molecule has 2 aromatic rings. The molecule has 20 heavy (non-hydrogen) atoms. The van der Waals surface area contributed by atoms with Crippen LogP contribution >= 0.6 is 0 Å². The van der Waals surface area contributed by atoms with Crippen LogP contribution in [0.25, 0.3) is 0 Å². The van der Waals surface area contributed by atoms with Gasteiger partial charge < -0.3 is 10.6 Å². The summed E-state index contributed by atoms with van der Waals surface area (Å²) in [5, 5.41) is 0. The molecule has 0 spiro atoms. The van der Waals surface area contributed by atoms with Crippen LogP contribution in [-0.4, -0.2) is 20.1 Å². The molecular formula is C18H24N2. The molecule has 0 aliphatic rings. The number of benzene rings is 2. The lowest BCUT2D eigenvalue weighted by Gasteiger charge is -2.34. The molecule has 0 aromatic heterocycles. The van der Waals surface area contributed by atoms with Crippen molar-refractivity contribution in [3.05, 3.63) is 65.7 Å². The highest BCUT2D eigenvalue weighted by molar-refractivity contribution is 5.48. The van der Waals surface area contributed by atoms with Crippen LogP contribution in [0.15, 0.2) is 54.6 Å². The molecule has 106 valence electrons. The number of hydrogen-bond donors (Lipinski definition) is 1. The molecule has 0 fully saturated rings. The zero-order chi connectivity index (χ0) is 14.6. The number of anilines is 1. The zero-order valence-electron chi connectivity index (χ0n) is 12.6. The second-order valence-corrected chi connectivity index (χ2v) is 5.83. The average molecular weight is 268 g/mol. The minimum Gasteiger partial charge on any atom is -0.374 e. The fourth-order valence-corrected chi connectivity index (χ4v) is 2.59. The number of rotatable bonds is 5. The van der Waals surface area contributed by atoms with Gasteiger partial charge in [0.25, 0.3) is 0 Å². The van der Waals surface area contributed by atoms with Crippen LogP contribution in [0.3, 0.4) is 0 Å². The maximum absolute atomic E-state index is 6.07. The lowest BCUT2D eigenvalue weighted by atomic mass is 9.82. The monoisotopic (exact) mass is 268 g/mol. The van der Waals surface area contributed by atoms with Gasteiger partial charge in [-0.3, -0.25) is 0 Å². The SMILES string of the molecule is Cc1cccc(N(C)CC(C)(CN)c2ccccc2)c1. The van der Waals surface area contributed by atoms with Crippen LogP contribution < -0.4 is 10.6 Å². The van der Waals surface area contributed by atoms with Gasteiger partial charge in [-0.2, -0.15) is 0 Å². The summed E-state index contributed by atoms with van der Waals surface area (Å²) in [7, 11) is 2.13. The molecule has 0 aliphatic heterocycles. The Balaban J connectivity index is 2.22. The maximum Gasteiger partial charge on any atom is 0.0366 e. The Morgan fingerprint density at radius 2 is 1.75 bits per heavy atom. The minimum absolute atomic E-state index is 0.0419. The summed E-state index contributed by atoms with van der Waals surface area (Å²) in [6.45, 7) is 5.88. The molecule has 2 aromatic carbocycles. The van der Waals surface area contributed by atoms with Crippen molar-refractivity contribution >= 4 is 5.69 Å². The van der Waals surface area contributed by atoms with E-state index >= 15 is 0 Å². The largest absolute Gasteiger partial charge is 0.374 e. The predicted molar refractivity (Wildman–Crippen MR) is 87.3 cm³/mol. The number of hydrogen-bond acceptors (Lipinski definition) is 2. The van der Waals surface area contributed by atoms with Crippen LogP contribution in [0.4, 0.5) is 5.69 Å². The van der Waals surface area contributed by atoms with Gasteiger partial charge in [0.2, 0.25) is 0 Å².